The first-order valence-electron chi connectivity index (χ1n) is 9.34. The molecule has 3 aromatic rings. The Labute approximate surface area is 181 Å². The Morgan fingerprint density at radius 3 is 2.72 bits per heavy atom. The van der Waals surface area contributed by atoms with Gasteiger partial charge in [-0.05, 0) is 29.8 Å². The molecule has 1 atom stereocenters. The standard InChI is InChI=1S/C19H21F3N4O5S/c1-32(28,29)26-16-8-11(2-5-14(16)20)17(27)10-23-6-7-30-12-3-4-13-15(9-12)24-25-18(13)31-19(21)22/h2-5,8-9,17,19,23,26-27H,6-7,10H2,1H3,(H,24,25). The number of halogens is 3. The number of aliphatic hydroxyl groups is 1. The van der Waals surface area contributed by atoms with Gasteiger partial charge in [-0.2, -0.15) is 8.78 Å². The summed E-state index contributed by atoms with van der Waals surface area (Å²) >= 11 is 0. The number of anilines is 1. The Balaban J connectivity index is 1.48. The zero-order valence-corrected chi connectivity index (χ0v) is 17.6. The Morgan fingerprint density at radius 1 is 1.22 bits per heavy atom. The van der Waals surface area contributed by atoms with Gasteiger partial charge < -0.3 is 19.9 Å². The van der Waals surface area contributed by atoms with Crippen LogP contribution in [-0.2, 0) is 10.0 Å². The largest absolute Gasteiger partial charge is 0.492 e. The van der Waals surface area contributed by atoms with Crippen LogP contribution in [0.1, 0.15) is 11.7 Å². The molecule has 1 aromatic heterocycles. The van der Waals surface area contributed by atoms with Crippen molar-refractivity contribution in [1.29, 1.82) is 0 Å². The first-order chi connectivity index (χ1) is 15.1. The van der Waals surface area contributed by atoms with Crippen LogP contribution in [0.25, 0.3) is 10.9 Å². The van der Waals surface area contributed by atoms with Gasteiger partial charge in [0.25, 0.3) is 0 Å². The molecular weight excluding hydrogens is 453 g/mol. The van der Waals surface area contributed by atoms with Crippen LogP contribution in [0.3, 0.4) is 0 Å². The molecule has 0 radical (unpaired) electrons. The van der Waals surface area contributed by atoms with E-state index in [1.54, 1.807) is 18.2 Å². The van der Waals surface area contributed by atoms with Crippen LogP contribution in [-0.4, -0.2) is 56.3 Å². The quantitative estimate of drug-likeness (QED) is 0.315. The van der Waals surface area contributed by atoms with E-state index in [0.717, 1.165) is 12.3 Å². The molecule has 0 aliphatic heterocycles. The van der Waals surface area contributed by atoms with Gasteiger partial charge in [0.05, 0.1) is 29.0 Å². The molecule has 0 fully saturated rings. The molecule has 32 heavy (non-hydrogen) atoms. The highest BCUT2D eigenvalue weighted by atomic mass is 32.2. The summed E-state index contributed by atoms with van der Waals surface area (Å²) in [6.07, 6.45) is -0.109. The minimum atomic E-state index is -3.66. The van der Waals surface area contributed by atoms with E-state index in [0.29, 0.717) is 28.8 Å². The lowest BCUT2D eigenvalue weighted by atomic mass is 10.1. The van der Waals surface area contributed by atoms with Crippen LogP contribution in [0.2, 0.25) is 0 Å². The van der Waals surface area contributed by atoms with Gasteiger partial charge in [-0.25, -0.2) is 12.8 Å². The molecule has 0 bridgehead atoms. The molecule has 174 valence electrons. The number of sulfonamides is 1. The van der Waals surface area contributed by atoms with E-state index in [1.807, 2.05) is 0 Å². The Kier molecular flexibility index (Phi) is 7.43. The number of H-pyrrole nitrogens is 1. The lowest BCUT2D eigenvalue weighted by Gasteiger charge is -2.14. The number of rotatable bonds is 11. The highest BCUT2D eigenvalue weighted by molar-refractivity contribution is 7.92. The van der Waals surface area contributed by atoms with Gasteiger partial charge in [0, 0.05) is 19.2 Å². The lowest BCUT2D eigenvalue weighted by Crippen LogP contribution is -2.26. The van der Waals surface area contributed by atoms with Crippen LogP contribution in [0.5, 0.6) is 11.6 Å². The molecule has 0 aliphatic rings. The minimum absolute atomic E-state index is 0.112. The number of hydrogen-bond acceptors (Lipinski definition) is 7. The van der Waals surface area contributed by atoms with Crippen molar-refractivity contribution in [2.75, 3.05) is 30.7 Å². The molecule has 1 heterocycles. The molecule has 4 N–H and O–H groups in total. The highest BCUT2D eigenvalue weighted by Crippen LogP contribution is 2.27. The predicted octanol–water partition coefficient (Wildman–Crippen LogP) is 2.38. The lowest BCUT2D eigenvalue weighted by molar-refractivity contribution is -0.0518. The number of aromatic amines is 1. The summed E-state index contributed by atoms with van der Waals surface area (Å²) in [5, 5.41) is 19.9. The number of aliphatic hydroxyl groups excluding tert-OH is 1. The third kappa shape index (κ3) is 6.48. The number of alkyl halides is 2. The minimum Gasteiger partial charge on any atom is -0.492 e. The van der Waals surface area contributed by atoms with Crippen molar-refractivity contribution < 1.29 is 36.2 Å². The monoisotopic (exact) mass is 474 g/mol. The second-order valence-corrected chi connectivity index (χ2v) is 8.55. The van der Waals surface area contributed by atoms with E-state index in [1.165, 1.54) is 12.1 Å². The van der Waals surface area contributed by atoms with E-state index in [4.69, 9.17) is 4.74 Å². The second kappa shape index (κ2) is 10.1. The third-order valence-electron chi connectivity index (χ3n) is 4.26. The smallest absolute Gasteiger partial charge is 0.388 e. The summed E-state index contributed by atoms with van der Waals surface area (Å²) in [6, 6.07) is 8.37. The van der Waals surface area contributed by atoms with Crippen molar-refractivity contribution in [1.82, 2.24) is 15.5 Å². The normalized spacial score (nSPS) is 12.8. The SMILES string of the molecule is CS(=O)(=O)Nc1cc(C(O)CNCCOc2ccc3c(OC(F)F)n[nH]c3c2)ccc1F. The average Bonchev–Trinajstić information content (AvgIpc) is 3.09. The molecule has 0 aliphatic carbocycles. The number of ether oxygens (including phenoxy) is 2. The third-order valence-corrected chi connectivity index (χ3v) is 4.85. The number of hydrogen-bond donors (Lipinski definition) is 4. The maximum atomic E-state index is 13.7. The Bertz CT molecular complexity index is 1170. The summed E-state index contributed by atoms with van der Waals surface area (Å²) < 4.78 is 73.0. The fraction of sp³-hybridized carbons (Fsp3) is 0.316. The molecule has 13 heteroatoms. The number of fused-ring (bicyclic) bond motifs is 1. The molecule has 0 saturated heterocycles. The fourth-order valence-corrected chi connectivity index (χ4v) is 3.42. The first kappa shape index (κ1) is 23.6. The number of nitrogens with one attached hydrogen (secondary N) is 3. The van der Waals surface area contributed by atoms with E-state index < -0.39 is 28.6 Å². The van der Waals surface area contributed by atoms with Crippen molar-refractivity contribution in [2.24, 2.45) is 0 Å². The molecular formula is C19H21F3N4O5S. The van der Waals surface area contributed by atoms with Crippen molar-refractivity contribution in [3.8, 4) is 11.6 Å². The molecule has 1 unspecified atom stereocenters. The van der Waals surface area contributed by atoms with Crippen molar-refractivity contribution in [2.45, 2.75) is 12.7 Å². The van der Waals surface area contributed by atoms with Gasteiger partial charge in [0.15, 0.2) is 0 Å². The zero-order chi connectivity index (χ0) is 23.3. The van der Waals surface area contributed by atoms with Crippen molar-refractivity contribution >= 4 is 26.6 Å². The average molecular weight is 474 g/mol. The summed E-state index contributed by atoms with van der Waals surface area (Å²) in [6.45, 7) is -2.28. The van der Waals surface area contributed by atoms with E-state index in [-0.39, 0.29) is 24.7 Å². The van der Waals surface area contributed by atoms with Crippen LogP contribution in [0.4, 0.5) is 18.9 Å². The summed E-state index contributed by atoms with van der Waals surface area (Å²) in [7, 11) is -3.66. The van der Waals surface area contributed by atoms with Gasteiger partial charge in [0.2, 0.25) is 15.9 Å². The van der Waals surface area contributed by atoms with Crippen LogP contribution in [0, 0.1) is 5.82 Å². The molecule has 9 nitrogen and oxygen atoms in total. The van der Waals surface area contributed by atoms with Gasteiger partial charge in [-0.1, -0.05) is 6.07 Å². The van der Waals surface area contributed by atoms with E-state index in [9.17, 15) is 26.7 Å². The topological polar surface area (TPSA) is 126 Å². The molecule has 0 saturated carbocycles. The first-order valence-corrected chi connectivity index (χ1v) is 11.2. The van der Waals surface area contributed by atoms with Crippen molar-refractivity contribution in [3.05, 3.63) is 47.8 Å². The summed E-state index contributed by atoms with van der Waals surface area (Å²) in [5.41, 5.74) is 0.553. The van der Waals surface area contributed by atoms with Crippen LogP contribution < -0.4 is 19.5 Å². The molecule has 3 rings (SSSR count). The van der Waals surface area contributed by atoms with Gasteiger partial charge in [0.1, 0.15) is 18.2 Å². The van der Waals surface area contributed by atoms with Gasteiger partial charge in [-0.15, -0.1) is 5.10 Å². The predicted molar refractivity (Wildman–Crippen MR) is 111 cm³/mol. The van der Waals surface area contributed by atoms with Gasteiger partial charge in [-0.3, -0.25) is 9.82 Å². The fourth-order valence-electron chi connectivity index (χ4n) is 2.86. The number of aromatic nitrogens is 2. The Morgan fingerprint density at radius 2 is 2.00 bits per heavy atom. The van der Waals surface area contributed by atoms with Gasteiger partial charge >= 0.3 is 6.61 Å². The summed E-state index contributed by atoms with van der Waals surface area (Å²) in [4.78, 5) is 0. The summed E-state index contributed by atoms with van der Waals surface area (Å²) in [5.74, 6) is -0.482. The number of benzene rings is 2. The number of nitrogens with zero attached hydrogens (tertiary/aromatic N) is 1. The molecule has 2 aromatic carbocycles. The maximum Gasteiger partial charge on any atom is 0.388 e. The van der Waals surface area contributed by atoms with E-state index >= 15 is 0 Å². The van der Waals surface area contributed by atoms with E-state index in [2.05, 4.69) is 25.0 Å². The Hall–Kier alpha value is -3.03. The highest BCUT2D eigenvalue weighted by Gasteiger charge is 2.14. The van der Waals surface area contributed by atoms with Crippen LogP contribution >= 0.6 is 0 Å². The molecule has 0 amide bonds. The maximum absolute atomic E-state index is 13.7. The second-order valence-electron chi connectivity index (χ2n) is 6.80. The van der Waals surface area contributed by atoms with Crippen LogP contribution in [0.15, 0.2) is 36.4 Å². The van der Waals surface area contributed by atoms with Crippen molar-refractivity contribution in [3.63, 3.8) is 0 Å². The molecule has 0 spiro atoms. The zero-order valence-electron chi connectivity index (χ0n) is 16.8.